The fourth-order valence-corrected chi connectivity index (χ4v) is 3.43. The van der Waals surface area contributed by atoms with Crippen molar-refractivity contribution in [3.05, 3.63) is 38.2 Å². The van der Waals surface area contributed by atoms with Gasteiger partial charge in [-0.3, -0.25) is 9.59 Å². The molecule has 2 aromatic heterocycles. The third-order valence-corrected chi connectivity index (χ3v) is 4.76. The van der Waals surface area contributed by atoms with Gasteiger partial charge >= 0.3 is 0 Å². The number of rotatable bonds is 6. The summed E-state index contributed by atoms with van der Waals surface area (Å²) < 4.78 is 0. The number of carbonyl (C=O) groups excluding carboxylic acids is 1. The maximum absolute atomic E-state index is 12.1. The molecule has 0 spiro atoms. The van der Waals surface area contributed by atoms with Crippen molar-refractivity contribution in [3.8, 4) is 0 Å². The molecule has 0 aliphatic carbocycles. The predicted octanol–water partition coefficient (Wildman–Crippen LogP) is 1.89. The number of hydrogen-bond donors (Lipinski definition) is 2. The highest BCUT2D eigenvalue weighted by Crippen LogP contribution is 2.18. The van der Waals surface area contributed by atoms with Crippen LogP contribution in [0.15, 0.2) is 21.4 Å². The van der Waals surface area contributed by atoms with Gasteiger partial charge in [0.15, 0.2) is 5.16 Å². The average molecular weight is 338 g/mol. The van der Waals surface area contributed by atoms with Crippen LogP contribution in [0.2, 0.25) is 0 Å². The molecule has 2 aromatic rings. The number of aryl methyl sites for hydroxylation is 2. The average Bonchev–Trinajstić information content (AvgIpc) is 2.91. The molecule has 0 fully saturated rings. The zero-order valence-corrected chi connectivity index (χ0v) is 14.3. The maximum Gasteiger partial charge on any atom is 0.251 e. The number of carbonyl (C=O) groups is 1. The van der Waals surface area contributed by atoms with Crippen LogP contribution in [0.4, 0.5) is 0 Å². The van der Waals surface area contributed by atoms with Gasteiger partial charge in [-0.15, -0.1) is 11.3 Å². The van der Waals surface area contributed by atoms with Crippen molar-refractivity contribution >= 4 is 29.0 Å². The predicted molar refractivity (Wildman–Crippen MR) is 88.3 cm³/mol. The van der Waals surface area contributed by atoms with Crippen LogP contribution in [0.3, 0.4) is 0 Å². The van der Waals surface area contributed by atoms with Crippen LogP contribution in [0.25, 0.3) is 0 Å². The second-order valence-corrected chi connectivity index (χ2v) is 7.03. The number of nitrogens with zero attached hydrogens (tertiary/aromatic N) is 2. The zero-order chi connectivity index (χ0) is 16.1. The summed E-state index contributed by atoms with van der Waals surface area (Å²) in [5.74, 6) is -0.109. The van der Waals surface area contributed by atoms with E-state index in [2.05, 4.69) is 20.3 Å². The van der Waals surface area contributed by atoms with Crippen molar-refractivity contribution in [1.82, 2.24) is 20.3 Å². The minimum atomic E-state index is -0.351. The number of thiazole rings is 1. The lowest BCUT2D eigenvalue weighted by atomic mass is 10.4. The molecular weight excluding hydrogens is 320 g/mol. The van der Waals surface area contributed by atoms with Crippen LogP contribution in [0, 0.1) is 6.92 Å². The molecule has 22 heavy (non-hydrogen) atoms. The van der Waals surface area contributed by atoms with Gasteiger partial charge in [-0.05, 0) is 20.3 Å². The van der Waals surface area contributed by atoms with E-state index in [1.165, 1.54) is 17.8 Å². The largest absolute Gasteiger partial charge is 0.349 e. The summed E-state index contributed by atoms with van der Waals surface area (Å²) in [6.07, 6.45) is 0.892. The molecule has 0 saturated heterocycles. The van der Waals surface area contributed by atoms with Crippen molar-refractivity contribution < 1.29 is 4.79 Å². The highest BCUT2D eigenvalue weighted by Gasteiger charge is 2.16. The van der Waals surface area contributed by atoms with Crippen molar-refractivity contribution in [1.29, 1.82) is 0 Å². The third kappa shape index (κ3) is 4.67. The molecule has 118 valence electrons. The van der Waals surface area contributed by atoms with Gasteiger partial charge in [0.2, 0.25) is 5.91 Å². The van der Waals surface area contributed by atoms with Crippen LogP contribution in [-0.2, 0) is 17.8 Å². The van der Waals surface area contributed by atoms with Gasteiger partial charge in [0.05, 0.1) is 17.5 Å². The third-order valence-electron chi connectivity index (χ3n) is 2.88. The summed E-state index contributed by atoms with van der Waals surface area (Å²) >= 11 is 2.77. The van der Waals surface area contributed by atoms with E-state index in [0.717, 1.165) is 17.1 Å². The maximum atomic E-state index is 12.1. The Bertz CT molecular complexity index is 711. The van der Waals surface area contributed by atoms with E-state index in [9.17, 15) is 9.59 Å². The highest BCUT2D eigenvalue weighted by molar-refractivity contribution is 8.00. The number of thioether (sulfide) groups is 1. The van der Waals surface area contributed by atoms with Gasteiger partial charge in [0.25, 0.3) is 5.56 Å². The first-order valence-electron chi connectivity index (χ1n) is 6.93. The molecular formula is C14H18N4O2S2. The molecule has 2 N–H and O–H groups in total. The van der Waals surface area contributed by atoms with E-state index >= 15 is 0 Å². The Kier molecular flexibility index (Phi) is 5.73. The van der Waals surface area contributed by atoms with Gasteiger partial charge in [-0.25, -0.2) is 9.97 Å². The van der Waals surface area contributed by atoms with Crippen LogP contribution in [0.5, 0.6) is 0 Å². The molecule has 2 rings (SSSR count). The van der Waals surface area contributed by atoms with Crippen LogP contribution in [-0.4, -0.2) is 26.1 Å². The number of aromatic amines is 1. The first kappa shape index (κ1) is 16.7. The standard InChI is InChI=1S/C14H18N4O2S2/c1-4-10-7-21-12(17-10)6-15-13(20)9(3)22-14-16-8(2)5-11(19)18-14/h5,7,9H,4,6H2,1-3H3,(H,15,20)(H,16,18,19)/t9-/m1/s1. The summed E-state index contributed by atoms with van der Waals surface area (Å²) in [7, 11) is 0. The Morgan fingerprint density at radius 1 is 1.50 bits per heavy atom. The van der Waals surface area contributed by atoms with Crippen LogP contribution >= 0.6 is 23.1 Å². The van der Waals surface area contributed by atoms with Crippen molar-refractivity contribution in [3.63, 3.8) is 0 Å². The molecule has 0 radical (unpaired) electrons. The van der Waals surface area contributed by atoms with Crippen LogP contribution in [0.1, 0.15) is 30.2 Å². The van der Waals surface area contributed by atoms with E-state index in [-0.39, 0.29) is 16.7 Å². The van der Waals surface area contributed by atoms with E-state index in [1.807, 2.05) is 12.3 Å². The Morgan fingerprint density at radius 3 is 2.91 bits per heavy atom. The first-order valence-corrected chi connectivity index (χ1v) is 8.69. The first-order chi connectivity index (χ1) is 10.5. The Balaban J connectivity index is 1.90. The Morgan fingerprint density at radius 2 is 2.27 bits per heavy atom. The second kappa shape index (κ2) is 7.55. The summed E-state index contributed by atoms with van der Waals surface area (Å²) in [6, 6.07) is 1.42. The number of nitrogens with one attached hydrogen (secondary N) is 2. The molecule has 0 aromatic carbocycles. The zero-order valence-electron chi connectivity index (χ0n) is 12.7. The van der Waals surface area contributed by atoms with Crippen molar-refractivity contribution in [2.75, 3.05) is 0 Å². The fraction of sp³-hybridized carbons (Fsp3) is 0.429. The summed E-state index contributed by atoms with van der Waals surface area (Å²) in [6.45, 7) is 6.00. The minimum Gasteiger partial charge on any atom is -0.349 e. The smallest absolute Gasteiger partial charge is 0.251 e. The van der Waals surface area contributed by atoms with E-state index < -0.39 is 0 Å². The number of amides is 1. The molecule has 0 saturated carbocycles. The van der Waals surface area contributed by atoms with Gasteiger partial charge in [-0.2, -0.15) is 0 Å². The summed E-state index contributed by atoms with van der Waals surface area (Å²) in [5.41, 5.74) is 1.46. The van der Waals surface area contributed by atoms with Gasteiger partial charge < -0.3 is 10.3 Å². The molecule has 0 bridgehead atoms. The second-order valence-electron chi connectivity index (χ2n) is 4.76. The molecule has 1 amide bonds. The quantitative estimate of drug-likeness (QED) is 0.620. The Hall–Kier alpha value is -1.67. The summed E-state index contributed by atoms with van der Waals surface area (Å²) in [4.78, 5) is 34.7. The lowest BCUT2D eigenvalue weighted by Gasteiger charge is -2.10. The monoisotopic (exact) mass is 338 g/mol. The number of H-pyrrole nitrogens is 1. The molecule has 0 aliphatic heterocycles. The molecule has 1 atom stereocenters. The van der Waals surface area contributed by atoms with E-state index in [1.54, 1.807) is 25.2 Å². The molecule has 6 nitrogen and oxygen atoms in total. The fourth-order valence-electron chi connectivity index (χ4n) is 1.73. The molecule has 0 aliphatic rings. The SMILES string of the molecule is CCc1csc(CNC(=O)[C@@H](C)Sc2nc(C)cc(=O)[nH]2)n1. The lowest BCUT2D eigenvalue weighted by molar-refractivity contribution is -0.120. The number of aromatic nitrogens is 3. The molecule has 8 heteroatoms. The lowest BCUT2D eigenvalue weighted by Crippen LogP contribution is -2.30. The Labute approximate surface area is 136 Å². The van der Waals surface area contributed by atoms with Crippen LogP contribution < -0.4 is 10.9 Å². The van der Waals surface area contributed by atoms with Gasteiger partial charge in [0.1, 0.15) is 5.01 Å². The van der Waals surface area contributed by atoms with Crippen molar-refractivity contribution in [2.24, 2.45) is 0 Å². The van der Waals surface area contributed by atoms with Gasteiger partial charge in [-0.1, -0.05) is 18.7 Å². The summed E-state index contributed by atoms with van der Waals surface area (Å²) in [5, 5.41) is 5.85. The van der Waals surface area contributed by atoms with Crippen molar-refractivity contribution in [2.45, 2.75) is 44.1 Å². The van der Waals surface area contributed by atoms with Gasteiger partial charge in [0, 0.05) is 17.1 Å². The number of hydrogen-bond acceptors (Lipinski definition) is 6. The minimum absolute atomic E-state index is 0.109. The van der Waals surface area contributed by atoms with E-state index in [0.29, 0.717) is 17.4 Å². The topological polar surface area (TPSA) is 87.7 Å². The molecule has 0 unspecified atom stereocenters. The van der Waals surface area contributed by atoms with E-state index in [4.69, 9.17) is 0 Å². The highest BCUT2D eigenvalue weighted by atomic mass is 32.2. The normalized spacial score (nSPS) is 12.1. The molecule has 2 heterocycles.